The van der Waals surface area contributed by atoms with Crippen LogP contribution < -0.4 is 16.4 Å². The zero-order valence-electron chi connectivity index (χ0n) is 14.8. The molecule has 1 aromatic heterocycles. The molecule has 0 atom stereocenters. The fraction of sp³-hybridized carbons (Fsp3) is 0.105. The molecule has 1 heterocycles. The van der Waals surface area contributed by atoms with Crippen molar-refractivity contribution in [1.29, 1.82) is 0 Å². The van der Waals surface area contributed by atoms with Gasteiger partial charge in [-0.3, -0.25) is 9.59 Å². The summed E-state index contributed by atoms with van der Waals surface area (Å²) < 4.78 is 15.1. The highest BCUT2D eigenvalue weighted by molar-refractivity contribution is 6.08. The first-order valence-electron chi connectivity index (χ1n) is 8.15. The SMILES string of the molecule is CNC(=O)c1ccc(C)c(NC(=O)c2cnn(-c3ccccc3F)c2N)c1. The van der Waals surface area contributed by atoms with Gasteiger partial charge in [-0.2, -0.15) is 5.10 Å². The van der Waals surface area contributed by atoms with E-state index in [0.717, 1.165) is 10.2 Å². The molecular weight excluding hydrogens is 349 g/mol. The molecule has 138 valence electrons. The van der Waals surface area contributed by atoms with Gasteiger partial charge in [0, 0.05) is 18.3 Å². The molecule has 0 saturated heterocycles. The van der Waals surface area contributed by atoms with E-state index >= 15 is 0 Å². The van der Waals surface area contributed by atoms with Crippen LogP contribution in [0.2, 0.25) is 0 Å². The number of rotatable bonds is 4. The van der Waals surface area contributed by atoms with Gasteiger partial charge in [-0.1, -0.05) is 18.2 Å². The fourth-order valence-corrected chi connectivity index (χ4v) is 2.58. The molecule has 2 aromatic carbocycles. The van der Waals surface area contributed by atoms with Crippen LogP contribution in [0, 0.1) is 12.7 Å². The lowest BCUT2D eigenvalue weighted by molar-refractivity contribution is 0.0961. The molecule has 0 aliphatic carbocycles. The van der Waals surface area contributed by atoms with Crippen molar-refractivity contribution in [3.05, 3.63) is 71.2 Å². The maximum Gasteiger partial charge on any atom is 0.261 e. The monoisotopic (exact) mass is 367 g/mol. The summed E-state index contributed by atoms with van der Waals surface area (Å²) in [7, 11) is 1.53. The van der Waals surface area contributed by atoms with E-state index in [0.29, 0.717) is 11.3 Å². The zero-order chi connectivity index (χ0) is 19.6. The Morgan fingerprint density at radius 3 is 2.59 bits per heavy atom. The van der Waals surface area contributed by atoms with E-state index in [1.165, 1.54) is 25.4 Å². The molecule has 0 radical (unpaired) electrons. The largest absolute Gasteiger partial charge is 0.383 e. The van der Waals surface area contributed by atoms with E-state index in [1.54, 1.807) is 37.3 Å². The molecule has 0 spiro atoms. The molecule has 4 N–H and O–H groups in total. The van der Waals surface area contributed by atoms with E-state index < -0.39 is 11.7 Å². The van der Waals surface area contributed by atoms with E-state index in [-0.39, 0.29) is 23.0 Å². The van der Waals surface area contributed by atoms with Crippen LogP contribution in [0.4, 0.5) is 15.9 Å². The predicted molar refractivity (Wildman–Crippen MR) is 100 cm³/mol. The number of aromatic nitrogens is 2. The summed E-state index contributed by atoms with van der Waals surface area (Å²) in [4.78, 5) is 24.4. The predicted octanol–water partition coefficient (Wildman–Crippen LogP) is 2.51. The second kappa shape index (κ2) is 7.28. The van der Waals surface area contributed by atoms with Crippen LogP contribution in [-0.2, 0) is 0 Å². The molecule has 3 aromatic rings. The normalized spacial score (nSPS) is 10.5. The highest BCUT2D eigenvalue weighted by Gasteiger charge is 2.19. The number of hydrogen-bond acceptors (Lipinski definition) is 4. The van der Waals surface area contributed by atoms with E-state index in [9.17, 15) is 14.0 Å². The third-order valence-electron chi connectivity index (χ3n) is 4.11. The summed E-state index contributed by atoms with van der Waals surface area (Å²) in [5.74, 6) is -1.27. The number of aryl methyl sites for hydroxylation is 1. The van der Waals surface area contributed by atoms with Gasteiger partial charge >= 0.3 is 0 Å². The molecule has 0 aliphatic heterocycles. The van der Waals surface area contributed by atoms with Crippen LogP contribution in [0.3, 0.4) is 0 Å². The van der Waals surface area contributed by atoms with E-state index in [1.807, 2.05) is 0 Å². The van der Waals surface area contributed by atoms with Crippen molar-refractivity contribution in [3.63, 3.8) is 0 Å². The first kappa shape index (κ1) is 18.1. The maximum atomic E-state index is 14.0. The topological polar surface area (TPSA) is 102 Å². The quantitative estimate of drug-likeness (QED) is 0.659. The van der Waals surface area contributed by atoms with Gasteiger partial charge in [0.1, 0.15) is 22.9 Å². The van der Waals surface area contributed by atoms with Gasteiger partial charge in [0.2, 0.25) is 0 Å². The summed E-state index contributed by atoms with van der Waals surface area (Å²) in [6.45, 7) is 1.80. The first-order valence-corrected chi connectivity index (χ1v) is 8.15. The first-order chi connectivity index (χ1) is 12.9. The minimum atomic E-state index is -0.507. The van der Waals surface area contributed by atoms with Crippen LogP contribution in [0.5, 0.6) is 0 Å². The number of nitrogens with zero attached hydrogens (tertiary/aromatic N) is 2. The summed E-state index contributed by atoms with van der Waals surface area (Å²) >= 11 is 0. The zero-order valence-corrected chi connectivity index (χ0v) is 14.8. The van der Waals surface area contributed by atoms with Crippen LogP contribution in [-0.4, -0.2) is 28.6 Å². The van der Waals surface area contributed by atoms with E-state index in [2.05, 4.69) is 15.7 Å². The van der Waals surface area contributed by atoms with Crippen molar-refractivity contribution in [1.82, 2.24) is 15.1 Å². The number of carbonyl (C=O) groups excluding carboxylic acids is 2. The maximum absolute atomic E-state index is 14.0. The summed E-state index contributed by atoms with van der Waals surface area (Å²) in [5, 5.41) is 9.27. The standard InChI is InChI=1S/C19H18FN5O2/c1-11-7-8-12(18(26)22-2)9-15(11)24-19(27)13-10-23-25(17(13)21)16-6-4-3-5-14(16)20/h3-10H,21H2,1-2H3,(H,22,26)(H,24,27). The Kier molecular flexibility index (Phi) is 4.89. The molecule has 0 bridgehead atoms. The van der Waals surface area contributed by atoms with Gasteiger partial charge < -0.3 is 16.4 Å². The number of nitrogen functional groups attached to an aromatic ring is 1. The molecule has 8 heteroatoms. The van der Waals surface area contributed by atoms with Gasteiger partial charge in [0.05, 0.1) is 6.20 Å². The van der Waals surface area contributed by atoms with Crippen LogP contribution >= 0.6 is 0 Å². The number of benzene rings is 2. The highest BCUT2D eigenvalue weighted by atomic mass is 19.1. The summed E-state index contributed by atoms with van der Waals surface area (Å²) in [6.07, 6.45) is 1.27. The molecule has 2 amide bonds. The third kappa shape index (κ3) is 3.50. The highest BCUT2D eigenvalue weighted by Crippen LogP contribution is 2.22. The second-order valence-corrected chi connectivity index (χ2v) is 5.87. The lowest BCUT2D eigenvalue weighted by atomic mass is 10.1. The number of anilines is 2. The number of nitrogens with one attached hydrogen (secondary N) is 2. The van der Waals surface area contributed by atoms with Crippen molar-refractivity contribution < 1.29 is 14.0 Å². The van der Waals surface area contributed by atoms with Crippen LogP contribution in [0.1, 0.15) is 26.3 Å². The van der Waals surface area contributed by atoms with E-state index in [4.69, 9.17) is 5.73 Å². The smallest absolute Gasteiger partial charge is 0.261 e. The summed E-state index contributed by atoms with van der Waals surface area (Å²) in [6, 6.07) is 11.0. The minimum Gasteiger partial charge on any atom is -0.383 e. The third-order valence-corrected chi connectivity index (χ3v) is 4.11. The molecule has 0 aliphatic rings. The van der Waals surface area contributed by atoms with Crippen LogP contribution in [0.25, 0.3) is 5.69 Å². The van der Waals surface area contributed by atoms with Crippen molar-refractivity contribution in [3.8, 4) is 5.69 Å². The van der Waals surface area contributed by atoms with Crippen molar-refractivity contribution >= 4 is 23.3 Å². The molecule has 3 rings (SSSR count). The Bertz CT molecular complexity index is 1030. The molecule has 27 heavy (non-hydrogen) atoms. The Morgan fingerprint density at radius 1 is 1.15 bits per heavy atom. The Labute approximate surface area is 155 Å². The molecular formula is C19H18FN5O2. The average molecular weight is 367 g/mol. The molecule has 7 nitrogen and oxygen atoms in total. The second-order valence-electron chi connectivity index (χ2n) is 5.87. The summed E-state index contributed by atoms with van der Waals surface area (Å²) in [5.41, 5.74) is 7.91. The number of halogens is 1. The van der Waals surface area contributed by atoms with Gasteiger partial charge in [-0.15, -0.1) is 0 Å². The lowest BCUT2D eigenvalue weighted by Crippen LogP contribution is -2.19. The van der Waals surface area contributed by atoms with Gasteiger partial charge in [0.15, 0.2) is 0 Å². The fourth-order valence-electron chi connectivity index (χ4n) is 2.58. The molecule has 0 saturated carbocycles. The Balaban J connectivity index is 1.90. The average Bonchev–Trinajstić information content (AvgIpc) is 3.04. The lowest BCUT2D eigenvalue weighted by Gasteiger charge is -2.10. The van der Waals surface area contributed by atoms with Crippen molar-refractivity contribution in [2.24, 2.45) is 0 Å². The van der Waals surface area contributed by atoms with Gasteiger partial charge in [-0.25, -0.2) is 9.07 Å². The van der Waals surface area contributed by atoms with Crippen molar-refractivity contribution in [2.75, 3.05) is 18.1 Å². The molecule has 0 unspecified atom stereocenters. The number of nitrogens with two attached hydrogens (primary N) is 1. The number of hydrogen-bond donors (Lipinski definition) is 3. The Hall–Kier alpha value is -3.68. The van der Waals surface area contributed by atoms with Crippen LogP contribution in [0.15, 0.2) is 48.7 Å². The Morgan fingerprint density at radius 2 is 1.89 bits per heavy atom. The van der Waals surface area contributed by atoms with Gasteiger partial charge in [-0.05, 0) is 36.8 Å². The minimum absolute atomic E-state index is 0.0118. The number of carbonyl (C=O) groups is 2. The van der Waals surface area contributed by atoms with Gasteiger partial charge in [0.25, 0.3) is 11.8 Å². The number of para-hydroxylation sites is 1. The van der Waals surface area contributed by atoms with Crippen molar-refractivity contribution in [2.45, 2.75) is 6.92 Å². The number of amides is 2. The molecule has 0 fully saturated rings.